The van der Waals surface area contributed by atoms with Gasteiger partial charge in [0.05, 0.1) is 19.8 Å². The molecular formula is C10H10BBrO3. The molecule has 0 aromatic heterocycles. The molecule has 3 nitrogen and oxygen atoms in total. The largest absolute Gasteiger partial charge is 0.497 e. The van der Waals surface area contributed by atoms with Gasteiger partial charge in [-0.05, 0) is 11.6 Å². The van der Waals surface area contributed by atoms with Crippen molar-refractivity contribution in [3.05, 3.63) is 23.3 Å². The van der Waals surface area contributed by atoms with Crippen LogP contribution in [0.2, 0.25) is 0 Å². The van der Waals surface area contributed by atoms with Crippen LogP contribution in [0.5, 0.6) is 5.75 Å². The third-order valence-corrected chi connectivity index (χ3v) is 2.61. The number of rotatable bonds is 3. The number of ether oxygens (including phenoxy) is 2. The van der Waals surface area contributed by atoms with Gasteiger partial charge in [0.25, 0.3) is 0 Å². The molecule has 0 amide bonds. The molecule has 1 aromatic carbocycles. The molecule has 5 heteroatoms. The zero-order valence-corrected chi connectivity index (χ0v) is 10.1. The Hall–Kier alpha value is -0.965. The number of hydrogen-bond donors (Lipinski definition) is 0. The molecular weight excluding hydrogens is 259 g/mol. The average Bonchev–Trinajstić information content (AvgIpc) is 2.27. The first-order chi connectivity index (χ1) is 7.13. The fraction of sp³-hybridized carbons (Fsp3) is 0.300. The van der Waals surface area contributed by atoms with E-state index in [0.717, 1.165) is 5.56 Å². The van der Waals surface area contributed by atoms with Gasteiger partial charge >= 0.3 is 5.97 Å². The monoisotopic (exact) mass is 268 g/mol. The molecule has 15 heavy (non-hydrogen) atoms. The molecule has 0 saturated carbocycles. The molecule has 78 valence electrons. The molecule has 0 spiro atoms. The first-order valence-electron chi connectivity index (χ1n) is 4.24. The Kier molecular flexibility index (Phi) is 4.21. The lowest BCUT2D eigenvalue weighted by Gasteiger charge is -2.11. The van der Waals surface area contributed by atoms with Gasteiger partial charge in [-0.3, -0.25) is 0 Å². The standard InChI is InChI=1S/C10H10BBrO3/c1-14-9-3-6(5-12)7(4-8(9)11)10(13)15-2/h3-4H,5H2,1-2H3. The van der Waals surface area contributed by atoms with Gasteiger partial charge in [-0.15, -0.1) is 0 Å². The molecule has 2 radical (unpaired) electrons. The maximum absolute atomic E-state index is 11.4. The summed E-state index contributed by atoms with van der Waals surface area (Å²) < 4.78 is 9.71. The van der Waals surface area contributed by atoms with Crippen LogP contribution in [0.4, 0.5) is 0 Å². The number of methoxy groups -OCH3 is 2. The summed E-state index contributed by atoms with van der Waals surface area (Å²) in [6, 6.07) is 3.28. The Morgan fingerprint density at radius 2 is 2.13 bits per heavy atom. The number of esters is 1. The number of benzene rings is 1. The SMILES string of the molecule is [B]c1cc(C(=O)OC)c(CBr)cc1OC. The van der Waals surface area contributed by atoms with Gasteiger partial charge in [0.1, 0.15) is 13.6 Å². The molecule has 0 fully saturated rings. The lowest BCUT2D eigenvalue weighted by Crippen LogP contribution is -2.14. The highest BCUT2D eigenvalue weighted by Gasteiger charge is 2.13. The second kappa shape index (κ2) is 5.21. The summed E-state index contributed by atoms with van der Waals surface area (Å²) in [5.41, 5.74) is 1.66. The van der Waals surface area contributed by atoms with Crippen molar-refractivity contribution in [1.29, 1.82) is 0 Å². The fourth-order valence-electron chi connectivity index (χ4n) is 1.23. The molecule has 0 aliphatic rings. The van der Waals surface area contributed by atoms with E-state index in [2.05, 4.69) is 20.7 Å². The Balaban J connectivity index is 3.27. The van der Waals surface area contributed by atoms with Crippen LogP contribution in [-0.4, -0.2) is 28.0 Å². The molecule has 0 saturated heterocycles. The van der Waals surface area contributed by atoms with Crippen LogP contribution in [0, 0.1) is 0 Å². The summed E-state index contributed by atoms with van der Waals surface area (Å²) in [6.07, 6.45) is 0. The third kappa shape index (κ3) is 2.53. The summed E-state index contributed by atoms with van der Waals surface area (Å²) >= 11 is 3.29. The van der Waals surface area contributed by atoms with Gasteiger partial charge in [-0.25, -0.2) is 4.79 Å². The molecule has 0 aliphatic heterocycles. The van der Waals surface area contributed by atoms with E-state index >= 15 is 0 Å². The quantitative estimate of drug-likeness (QED) is 0.469. The predicted octanol–water partition coefficient (Wildman–Crippen LogP) is 1.17. The smallest absolute Gasteiger partial charge is 0.338 e. The topological polar surface area (TPSA) is 35.5 Å². The minimum Gasteiger partial charge on any atom is -0.497 e. The minimum atomic E-state index is -0.404. The maximum atomic E-state index is 11.4. The Labute approximate surface area is 98.3 Å². The van der Waals surface area contributed by atoms with Crippen LogP contribution in [0.15, 0.2) is 12.1 Å². The first-order valence-corrected chi connectivity index (χ1v) is 5.36. The highest BCUT2D eigenvalue weighted by atomic mass is 79.9. The van der Waals surface area contributed by atoms with Crippen molar-refractivity contribution in [3.63, 3.8) is 0 Å². The van der Waals surface area contributed by atoms with Crippen LogP contribution in [0.3, 0.4) is 0 Å². The lowest BCUT2D eigenvalue weighted by atomic mass is 9.91. The molecule has 1 rings (SSSR count). The first kappa shape index (κ1) is 12.1. The van der Waals surface area contributed by atoms with Crippen LogP contribution in [-0.2, 0) is 10.1 Å². The van der Waals surface area contributed by atoms with E-state index in [1.807, 2.05) is 0 Å². The fourth-order valence-corrected chi connectivity index (χ4v) is 1.69. The molecule has 0 atom stereocenters. The number of alkyl halides is 1. The third-order valence-electron chi connectivity index (χ3n) is 2.00. The minimum absolute atomic E-state index is 0.404. The number of carbonyl (C=O) groups excluding carboxylic acids is 1. The molecule has 0 aliphatic carbocycles. The Bertz CT molecular complexity index is 379. The summed E-state index contributed by atoms with van der Waals surface area (Å²) in [5.74, 6) is 0.149. The van der Waals surface area contributed by atoms with E-state index in [1.54, 1.807) is 12.1 Å². The number of carbonyl (C=O) groups is 1. The van der Waals surface area contributed by atoms with E-state index < -0.39 is 5.97 Å². The molecule has 0 unspecified atom stereocenters. The second-order valence-corrected chi connectivity index (χ2v) is 3.44. The molecule has 0 N–H and O–H groups in total. The van der Waals surface area contributed by atoms with E-state index in [-0.39, 0.29) is 0 Å². The Morgan fingerprint density at radius 1 is 1.47 bits per heavy atom. The van der Waals surface area contributed by atoms with E-state index in [4.69, 9.17) is 12.6 Å². The van der Waals surface area contributed by atoms with Crippen LogP contribution >= 0.6 is 15.9 Å². The summed E-state index contributed by atoms with van der Waals surface area (Å²) in [6.45, 7) is 0. The number of hydrogen-bond acceptors (Lipinski definition) is 3. The van der Waals surface area contributed by atoms with Crippen molar-refractivity contribution in [2.75, 3.05) is 14.2 Å². The van der Waals surface area contributed by atoms with Gasteiger partial charge in [-0.2, -0.15) is 0 Å². The van der Waals surface area contributed by atoms with Gasteiger partial charge in [0, 0.05) is 5.33 Å². The normalized spacial score (nSPS) is 9.80. The van der Waals surface area contributed by atoms with Crippen molar-refractivity contribution < 1.29 is 14.3 Å². The van der Waals surface area contributed by atoms with E-state index in [0.29, 0.717) is 22.1 Å². The van der Waals surface area contributed by atoms with Crippen molar-refractivity contribution in [2.24, 2.45) is 0 Å². The van der Waals surface area contributed by atoms with E-state index in [9.17, 15) is 4.79 Å². The number of halogens is 1. The van der Waals surface area contributed by atoms with Crippen molar-refractivity contribution in [3.8, 4) is 5.75 Å². The van der Waals surface area contributed by atoms with Crippen molar-refractivity contribution in [2.45, 2.75) is 5.33 Å². The highest BCUT2D eigenvalue weighted by molar-refractivity contribution is 9.08. The van der Waals surface area contributed by atoms with Crippen LogP contribution in [0.1, 0.15) is 15.9 Å². The van der Waals surface area contributed by atoms with Crippen molar-refractivity contribution in [1.82, 2.24) is 0 Å². The molecule has 0 bridgehead atoms. The second-order valence-electron chi connectivity index (χ2n) is 2.88. The van der Waals surface area contributed by atoms with Crippen LogP contribution < -0.4 is 10.2 Å². The zero-order chi connectivity index (χ0) is 11.4. The lowest BCUT2D eigenvalue weighted by molar-refractivity contribution is 0.0600. The van der Waals surface area contributed by atoms with Crippen LogP contribution in [0.25, 0.3) is 0 Å². The average molecular weight is 269 g/mol. The highest BCUT2D eigenvalue weighted by Crippen LogP contribution is 2.18. The zero-order valence-electron chi connectivity index (χ0n) is 8.54. The molecule has 0 heterocycles. The van der Waals surface area contributed by atoms with Gasteiger partial charge in [0.2, 0.25) is 0 Å². The summed E-state index contributed by atoms with van der Waals surface area (Å²) in [7, 11) is 8.56. The summed E-state index contributed by atoms with van der Waals surface area (Å²) in [5, 5.41) is 0.536. The van der Waals surface area contributed by atoms with Gasteiger partial charge in [-0.1, -0.05) is 27.5 Å². The Morgan fingerprint density at radius 3 is 2.60 bits per heavy atom. The van der Waals surface area contributed by atoms with Gasteiger partial charge in [0.15, 0.2) is 0 Å². The van der Waals surface area contributed by atoms with Gasteiger partial charge < -0.3 is 9.47 Å². The maximum Gasteiger partial charge on any atom is 0.338 e. The van der Waals surface area contributed by atoms with E-state index in [1.165, 1.54) is 14.2 Å². The summed E-state index contributed by atoms with van der Waals surface area (Å²) in [4.78, 5) is 11.4. The van der Waals surface area contributed by atoms with Crippen molar-refractivity contribution >= 4 is 35.2 Å². The molecule has 1 aromatic rings. The predicted molar refractivity (Wildman–Crippen MR) is 62.4 cm³/mol.